The summed E-state index contributed by atoms with van der Waals surface area (Å²) in [5, 5.41) is 9.10. The summed E-state index contributed by atoms with van der Waals surface area (Å²) in [5.74, 6) is 0.684. The summed E-state index contributed by atoms with van der Waals surface area (Å²) in [6.07, 6.45) is 8.35. The third-order valence-corrected chi connectivity index (χ3v) is 2.54. The molecule has 5 heteroatoms. The van der Waals surface area contributed by atoms with Gasteiger partial charge < -0.3 is 14.2 Å². The third-order valence-electron chi connectivity index (χ3n) is 2.54. The first-order chi connectivity index (χ1) is 7.85. The molecule has 2 aromatic rings. The number of hydrogen-bond acceptors (Lipinski definition) is 3. The van der Waals surface area contributed by atoms with E-state index in [1.165, 1.54) is 0 Å². The molecule has 0 fully saturated rings. The smallest absolute Gasteiger partial charge is 0.134 e. The molecule has 0 saturated carbocycles. The van der Waals surface area contributed by atoms with Gasteiger partial charge >= 0.3 is 0 Å². The van der Waals surface area contributed by atoms with Gasteiger partial charge in [-0.25, -0.2) is 9.97 Å². The molecule has 2 rings (SSSR count). The molecule has 0 spiro atoms. The van der Waals surface area contributed by atoms with Crippen LogP contribution in [-0.2, 0) is 19.7 Å². The molecule has 0 amide bonds. The van der Waals surface area contributed by atoms with Crippen molar-refractivity contribution >= 4 is 0 Å². The van der Waals surface area contributed by atoms with E-state index in [1.807, 2.05) is 23.3 Å². The summed E-state index contributed by atoms with van der Waals surface area (Å²) in [6, 6.07) is 0. The molecule has 0 saturated heterocycles. The number of nitrogens with zero attached hydrogens (tertiary/aromatic N) is 4. The monoisotopic (exact) mass is 220 g/mol. The molecule has 0 bridgehead atoms. The van der Waals surface area contributed by atoms with Gasteiger partial charge in [-0.3, -0.25) is 0 Å². The first-order valence-corrected chi connectivity index (χ1v) is 5.45. The van der Waals surface area contributed by atoms with Crippen LogP contribution < -0.4 is 0 Å². The number of hydrogen-bond donors (Lipinski definition) is 1. The van der Waals surface area contributed by atoms with Gasteiger partial charge in [-0.15, -0.1) is 0 Å². The first kappa shape index (κ1) is 10.9. The van der Waals surface area contributed by atoms with E-state index in [-0.39, 0.29) is 6.61 Å². The maximum atomic E-state index is 9.10. The standard InChI is InChI=1S/C11H16N4O/c1-2-4-15-9-12-6-10(15)7-14-5-3-13-11(14)8-16/h3,5-6,9,16H,2,4,7-8H2,1H3. The Bertz CT molecular complexity index is 446. The van der Waals surface area contributed by atoms with E-state index >= 15 is 0 Å². The zero-order valence-corrected chi connectivity index (χ0v) is 9.37. The zero-order chi connectivity index (χ0) is 11.4. The largest absolute Gasteiger partial charge is 0.388 e. The number of rotatable bonds is 5. The van der Waals surface area contributed by atoms with Gasteiger partial charge in [-0.05, 0) is 6.42 Å². The number of aliphatic hydroxyl groups excluding tert-OH is 1. The van der Waals surface area contributed by atoms with Gasteiger partial charge in [-0.2, -0.15) is 0 Å². The van der Waals surface area contributed by atoms with Crippen LogP contribution in [-0.4, -0.2) is 24.2 Å². The summed E-state index contributed by atoms with van der Waals surface area (Å²) in [5.41, 5.74) is 1.13. The van der Waals surface area contributed by atoms with Gasteiger partial charge in [0.2, 0.25) is 0 Å². The van der Waals surface area contributed by atoms with Crippen molar-refractivity contribution in [1.29, 1.82) is 0 Å². The number of aryl methyl sites for hydroxylation is 1. The van der Waals surface area contributed by atoms with Gasteiger partial charge in [-0.1, -0.05) is 6.92 Å². The van der Waals surface area contributed by atoms with Crippen LogP contribution in [0.4, 0.5) is 0 Å². The maximum Gasteiger partial charge on any atom is 0.134 e. The Morgan fingerprint density at radius 3 is 3.00 bits per heavy atom. The Labute approximate surface area is 94.4 Å². The van der Waals surface area contributed by atoms with Crippen LogP contribution in [0.5, 0.6) is 0 Å². The Morgan fingerprint density at radius 2 is 2.25 bits per heavy atom. The highest BCUT2D eigenvalue weighted by molar-refractivity contribution is 5.02. The fourth-order valence-corrected chi connectivity index (χ4v) is 1.73. The van der Waals surface area contributed by atoms with E-state index in [1.54, 1.807) is 6.20 Å². The normalized spacial score (nSPS) is 10.9. The molecule has 5 nitrogen and oxygen atoms in total. The molecule has 1 N–H and O–H groups in total. The van der Waals surface area contributed by atoms with Crippen molar-refractivity contribution in [2.75, 3.05) is 0 Å². The highest BCUT2D eigenvalue weighted by Gasteiger charge is 2.05. The Hall–Kier alpha value is -1.62. The Balaban J connectivity index is 2.17. The zero-order valence-electron chi connectivity index (χ0n) is 9.37. The van der Waals surface area contributed by atoms with Gasteiger partial charge in [0.05, 0.1) is 18.6 Å². The average Bonchev–Trinajstić information content (AvgIpc) is 2.89. The highest BCUT2D eigenvalue weighted by atomic mass is 16.3. The second kappa shape index (κ2) is 4.94. The fourth-order valence-electron chi connectivity index (χ4n) is 1.73. The van der Waals surface area contributed by atoms with Crippen LogP contribution in [0.15, 0.2) is 24.9 Å². The number of imidazole rings is 2. The van der Waals surface area contributed by atoms with E-state index in [0.29, 0.717) is 12.4 Å². The minimum Gasteiger partial charge on any atom is -0.388 e. The predicted octanol–water partition coefficient (Wildman–Crippen LogP) is 1.03. The maximum absolute atomic E-state index is 9.10. The molecule has 86 valence electrons. The van der Waals surface area contributed by atoms with Crippen LogP contribution >= 0.6 is 0 Å². The molecule has 0 aromatic carbocycles. The summed E-state index contributed by atoms with van der Waals surface area (Å²) in [4.78, 5) is 8.22. The topological polar surface area (TPSA) is 55.9 Å². The minimum atomic E-state index is -0.0328. The van der Waals surface area contributed by atoms with Crippen molar-refractivity contribution in [3.05, 3.63) is 36.4 Å². The molecular formula is C11H16N4O. The Morgan fingerprint density at radius 1 is 1.38 bits per heavy atom. The quantitative estimate of drug-likeness (QED) is 0.818. The van der Waals surface area contributed by atoms with E-state index in [9.17, 15) is 0 Å². The lowest BCUT2D eigenvalue weighted by Crippen LogP contribution is -2.09. The van der Waals surface area contributed by atoms with Gasteiger partial charge in [0.15, 0.2) is 0 Å². The van der Waals surface area contributed by atoms with Crippen LogP contribution in [0, 0.1) is 0 Å². The van der Waals surface area contributed by atoms with Crippen molar-refractivity contribution in [3.8, 4) is 0 Å². The van der Waals surface area contributed by atoms with E-state index in [0.717, 1.165) is 18.7 Å². The number of aliphatic hydroxyl groups is 1. The molecule has 2 aromatic heterocycles. The molecule has 0 radical (unpaired) electrons. The minimum absolute atomic E-state index is 0.0328. The van der Waals surface area contributed by atoms with E-state index in [4.69, 9.17) is 5.11 Å². The van der Waals surface area contributed by atoms with Crippen molar-refractivity contribution < 1.29 is 5.11 Å². The van der Waals surface area contributed by atoms with Crippen LogP contribution in [0.25, 0.3) is 0 Å². The predicted molar refractivity (Wildman–Crippen MR) is 59.8 cm³/mol. The molecule has 0 aliphatic carbocycles. The van der Waals surface area contributed by atoms with Crippen molar-refractivity contribution in [2.45, 2.75) is 33.0 Å². The lowest BCUT2D eigenvalue weighted by atomic mass is 10.4. The molecule has 0 unspecified atom stereocenters. The van der Waals surface area contributed by atoms with Crippen LogP contribution in [0.2, 0.25) is 0 Å². The van der Waals surface area contributed by atoms with E-state index in [2.05, 4.69) is 21.5 Å². The fraction of sp³-hybridized carbons (Fsp3) is 0.455. The number of aromatic nitrogens is 4. The van der Waals surface area contributed by atoms with E-state index < -0.39 is 0 Å². The van der Waals surface area contributed by atoms with Crippen molar-refractivity contribution in [3.63, 3.8) is 0 Å². The molecule has 2 heterocycles. The summed E-state index contributed by atoms with van der Waals surface area (Å²) in [7, 11) is 0. The van der Waals surface area contributed by atoms with Gasteiger partial charge in [0.25, 0.3) is 0 Å². The molecule has 0 aliphatic heterocycles. The second-order valence-electron chi connectivity index (χ2n) is 3.71. The van der Waals surface area contributed by atoms with Crippen molar-refractivity contribution in [2.24, 2.45) is 0 Å². The summed E-state index contributed by atoms with van der Waals surface area (Å²) >= 11 is 0. The van der Waals surface area contributed by atoms with Crippen LogP contribution in [0.1, 0.15) is 24.9 Å². The highest BCUT2D eigenvalue weighted by Crippen LogP contribution is 2.06. The summed E-state index contributed by atoms with van der Waals surface area (Å²) in [6.45, 7) is 3.78. The summed E-state index contributed by atoms with van der Waals surface area (Å²) < 4.78 is 4.06. The van der Waals surface area contributed by atoms with Gasteiger partial charge in [0.1, 0.15) is 12.4 Å². The lowest BCUT2D eigenvalue weighted by molar-refractivity contribution is 0.266. The molecular weight excluding hydrogens is 204 g/mol. The first-order valence-electron chi connectivity index (χ1n) is 5.45. The molecule has 16 heavy (non-hydrogen) atoms. The lowest BCUT2D eigenvalue weighted by Gasteiger charge is -2.09. The SMILES string of the molecule is CCCn1cncc1Cn1ccnc1CO. The van der Waals surface area contributed by atoms with Crippen LogP contribution in [0.3, 0.4) is 0 Å². The molecule has 0 atom stereocenters. The van der Waals surface area contributed by atoms with Crippen molar-refractivity contribution in [1.82, 2.24) is 19.1 Å². The third kappa shape index (κ3) is 2.14. The second-order valence-corrected chi connectivity index (χ2v) is 3.71. The van der Waals surface area contributed by atoms with Gasteiger partial charge in [0, 0.05) is 25.1 Å². The average molecular weight is 220 g/mol. The Kier molecular flexibility index (Phi) is 3.36. The molecule has 0 aliphatic rings.